The second-order valence-corrected chi connectivity index (χ2v) is 4.30. The molecular formula is C13H18N2O3. The smallest absolute Gasteiger partial charge is 0.326 e. The van der Waals surface area contributed by atoms with Crippen molar-refractivity contribution in [2.24, 2.45) is 5.92 Å². The number of carbonyl (C=O) groups excluding carboxylic acids is 1. The quantitative estimate of drug-likeness (QED) is 0.796. The minimum Gasteiger partial charge on any atom is -0.480 e. The first-order valence-corrected chi connectivity index (χ1v) is 5.95. The average Bonchev–Trinajstić information content (AvgIpc) is 2.36. The number of rotatable bonds is 6. The predicted molar refractivity (Wildman–Crippen MR) is 67.0 cm³/mol. The van der Waals surface area contributed by atoms with Gasteiger partial charge in [-0.15, -0.1) is 0 Å². The molecule has 0 aliphatic rings. The Bertz CT molecular complexity index is 406. The van der Waals surface area contributed by atoms with E-state index < -0.39 is 12.0 Å². The van der Waals surface area contributed by atoms with E-state index in [9.17, 15) is 9.59 Å². The summed E-state index contributed by atoms with van der Waals surface area (Å²) in [6.45, 7) is 3.71. The molecule has 0 aliphatic heterocycles. The summed E-state index contributed by atoms with van der Waals surface area (Å²) in [6.07, 6.45) is 4.08. The van der Waals surface area contributed by atoms with Gasteiger partial charge in [0, 0.05) is 12.4 Å². The molecule has 0 fully saturated rings. The molecule has 0 radical (unpaired) electrons. The fourth-order valence-corrected chi connectivity index (χ4v) is 1.59. The zero-order valence-electron chi connectivity index (χ0n) is 10.6. The highest BCUT2D eigenvalue weighted by Gasteiger charge is 2.25. The van der Waals surface area contributed by atoms with Gasteiger partial charge in [-0.3, -0.25) is 9.78 Å². The second kappa shape index (κ2) is 6.74. The third-order valence-corrected chi connectivity index (χ3v) is 2.91. The molecule has 2 N–H and O–H groups in total. The third kappa shape index (κ3) is 4.16. The summed E-state index contributed by atoms with van der Waals surface area (Å²) in [5, 5.41) is 11.6. The maximum atomic E-state index is 11.8. The van der Waals surface area contributed by atoms with Crippen molar-refractivity contribution in [3.63, 3.8) is 0 Å². The van der Waals surface area contributed by atoms with Gasteiger partial charge in [0.1, 0.15) is 6.04 Å². The largest absolute Gasteiger partial charge is 0.480 e. The highest BCUT2D eigenvalue weighted by Crippen LogP contribution is 2.08. The maximum absolute atomic E-state index is 11.8. The summed E-state index contributed by atoms with van der Waals surface area (Å²) in [7, 11) is 0. The van der Waals surface area contributed by atoms with E-state index in [0.717, 1.165) is 5.56 Å². The first-order valence-electron chi connectivity index (χ1n) is 5.95. The molecule has 0 saturated carbocycles. The molecule has 2 atom stereocenters. The van der Waals surface area contributed by atoms with E-state index in [1.807, 2.05) is 13.8 Å². The van der Waals surface area contributed by atoms with Crippen molar-refractivity contribution in [3.8, 4) is 0 Å². The SMILES string of the molecule is CCC(C)C(NC(=O)Cc1ccncc1)C(=O)O. The molecule has 0 aromatic carbocycles. The molecule has 1 rings (SSSR count). The molecule has 1 amide bonds. The molecule has 1 aromatic heterocycles. The van der Waals surface area contributed by atoms with Crippen molar-refractivity contribution in [3.05, 3.63) is 30.1 Å². The van der Waals surface area contributed by atoms with Crippen molar-refractivity contribution in [1.29, 1.82) is 0 Å². The van der Waals surface area contributed by atoms with Crippen LogP contribution in [-0.4, -0.2) is 28.0 Å². The summed E-state index contributed by atoms with van der Waals surface area (Å²) in [6, 6.07) is 2.64. The summed E-state index contributed by atoms with van der Waals surface area (Å²) >= 11 is 0. The van der Waals surface area contributed by atoms with E-state index in [-0.39, 0.29) is 18.2 Å². The number of hydrogen-bond donors (Lipinski definition) is 2. The van der Waals surface area contributed by atoms with Crippen LogP contribution in [0.2, 0.25) is 0 Å². The van der Waals surface area contributed by atoms with Crippen molar-refractivity contribution in [2.75, 3.05) is 0 Å². The van der Waals surface area contributed by atoms with Crippen LogP contribution in [0, 0.1) is 5.92 Å². The lowest BCUT2D eigenvalue weighted by Gasteiger charge is -2.20. The van der Waals surface area contributed by atoms with Crippen molar-refractivity contribution in [2.45, 2.75) is 32.7 Å². The zero-order valence-corrected chi connectivity index (χ0v) is 10.6. The molecule has 98 valence electrons. The Kier molecular flexibility index (Phi) is 5.30. The van der Waals surface area contributed by atoms with E-state index in [1.165, 1.54) is 0 Å². The van der Waals surface area contributed by atoms with Crippen LogP contribution in [0.25, 0.3) is 0 Å². The molecule has 0 aliphatic carbocycles. The van der Waals surface area contributed by atoms with Crippen LogP contribution in [-0.2, 0) is 16.0 Å². The van der Waals surface area contributed by atoms with E-state index in [0.29, 0.717) is 6.42 Å². The van der Waals surface area contributed by atoms with Crippen molar-refractivity contribution < 1.29 is 14.7 Å². The maximum Gasteiger partial charge on any atom is 0.326 e. The van der Waals surface area contributed by atoms with Gasteiger partial charge in [0.15, 0.2) is 0 Å². The number of nitrogens with one attached hydrogen (secondary N) is 1. The fourth-order valence-electron chi connectivity index (χ4n) is 1.59. The van der Waals surface area contributed by atoms with E-state index in [2.05, 4.69) is 10.3 Å². The molecule has 0 saturated heterocycles. The van der Waals surface area contributed by atoms with E-state index in [4.69, 9.17) is 5.11 Å². The Labute approximate surface area is 106 Å². The predicted octanol–water partition coefficient (Wildman–Crippen LogP) is 1.24. The molecule has 0 spiro atoms. The number of carbonyl (C=O) groups is 2. The lowest BCUT2D eigenvalue weighted by molar-refractivity contribution is -0.143. The molecule has 1 aromatic rings. The first-order chi connectivity index (χ1) is 8.54. The molecule has 2 unspecified atom stereocenters. The third-order valence-electron chi connectivity index (χ3n) is 2.91. The van der Waals surface area contributed by atoms with Gasteiger partial charge >= 0.3 is 5.97 Å². The summed E-state index contributed by atoms with van der Waals surface area (Å²) in [5.41, 5.74) is 0.816. The molecule has 1 heterocycles. The Morgan fingerprint density at radius 2 is 2.00 bits per heavy atom. The lowest BCUT2D eigenvalue weighted by atomic mass is 9.99. The highest BCUT2D eigenvalue weighted by atomic mass is 16.4. The topological polar surface area (TPSA) is 79.3 Å². The van der Waals surface area contributed by atoms with Crippen LogP contribution in [0.15, 0.2) is 24.5 Å². The van der Waals surface area contributed by atoms with E-state index >= 15 is 0 Å². The van der Waals surface area contributed by atoms with Crippen LogP contribution in [0.1, 0.15) is 25.8 Å². The van der Waals surface area contributed by atoms with Crippen LogP contribution >= 0.6 is 0 Å². The number of hydrogen-bond acceptors (Lipinski definition) is 3. The van der Waals surface area contributed by atoms with Gasteiger partial charge < -0.3 is 10.4 Å². The van der Waals surface area contributed by atoms with Gasteiger partial charge in [-0.1, -0.05) is 20.3 Å². The molecular weight excluding hydrogens is 232 g/mol. The second-order valence-electron chi connectivity index (χ2n) is 4.30. The first kappa shape index (κ1) is 14.2. The number of aliphatic carboxylic acids is 1. The normalized spacial score (nSPS) is 13.7. The molecule has 18 heavy (non-hydrogen) atoms. The number of carboxylic acid groups (broad SMARTS) is 1. The number of carboxylic acids is 1. The number of pyridine rings is 1. The Hall–Kier alpha value is -1.91. The van der Waals surface area contributed by atoms with Crippen molar-refractivity contribution in [1.82, 2.24) is 10.3 Å². The van der Waals surface area contributed by atoms with Crippen LogP contribution in [0.5, 0.6) is 0 Å². The summed E-state index contributed by atoms with van der Waals surface area (Å²) in [4.78, 5) is 26.7. The standard InChI is InChI=1S/C13H18N2O3/c1-3-9(2)12(13(17)18)15-11(16)8-10-4-6-14-7-5-10/h4-7,9,12H,3,8H2,1-2H3,(H,15,16)(H,17,18). The van der Waals surface area contributed by atoms with Gasteiger partial charge in [-0.2, -0.15) is 0 Å². The Balaban J connectivity index is 2.60. The molecule has 5 heteroatoms. The van der Waals surface area contributed by atoms with E-state index in [1.54, 1.807) is 24.5 Å². The Morgan fingerprint density at radius 1 is 1.39 bits per heavy atom. The Morgan fingerprint density at radius 3 is 2.50 bits per heavy atom. The number of nitrogens with zero attached hydrogens (tertiary/aromatic N) is 1. The van der Waals surface area contributed by atoms with Gasteiger partial charge in [-0.05, 0) is 23.6 Å². The summed E-state index contributed by atoms with van der Waals surface area (Å²) in [5.74, 6) is -1.37. The molecule has 5 nitrogen and oxygen atoms in total. The number of aromatic nitrogens is 1. The van der Waals surface area contributed by atoms with Gasteiger partial charge in [0.25, 0.3) is 0 Å². The van der Waals surface area contributed by atoms with Crippen LogP contribution < -0.4 is 5.32 Å². The van der Waals surface area contributed by atoms with Gasteiger partial charge in [-0.25, -0.2) is 4.79 Å². The van der Waals surface area contributed by atoms with Gasteiger partial charge in [0.05, 0.1) is 6.42 Å². The van der Waals surface area contributed by atoms with Gasteiger partial charge in [0.2, 0.25) is 5.91 Å². The van der Waals surface area contributed by atoms with Crippen LogP contribution in [0.4, 0.5) is 0 Å². The minimum absolute atomic E-state index is 0.0936. The molecule has 0 bridgehead atoms. The average molecular weight is 250 g/mol. The highest BCUT2D eigenvalue weighted by molar-refractivity contribution is 5.85. The zero-order chi connectivity index (χ0) is 13.5. The van der Waals surface area contributed by atoms with Crippen LogP contribution in [0.3, 0.4) is 0 Å². The number of amides is 1. The minimum atomic E-state index is -0.993. The summed E-state index contributed by atoms with van der Waals surface area (Å²) < 4.78 is 0. The fraction of sp³-hybridized carbons (Fsp3) is 0.462. The monoisotopic (exact) mass is 250 g/mol. The lowest BCUT2D eigenvalue weighted by Crippen LogP contribution is -2.45. The van der Waals surface area contributed by atoms with Crippen molar-refractivity contribution >= 4 is 11.9 Å².